The zero-order chi connectivity index (χ0) is 13.9. The van der Waals surface area contributed by atoms with E-state index in [4.69, 9.17) is 0 Å². The Kier molecular flexibility index (Phi) is 4.31. The standard InChI is InChI=1S/C13H18BrN5/c1-13(2,3)16-7-12-9-19(18-17-12)8-11-5-4-10(14)6-15-11/h4-6,9,16H,7-8H2,1-3H3. The van der Waals surface area contributed by atoms with E-state index in [0.717, 1.165) is 22.4 Å². The Hall–Kier alpha value is -1.27. The van der Waals surface area contributed by atoms with Gasteiger partial charge in [-0.05, 0) is 48.8 Å². The zero-order valence-corrected chi connectivity index (χ0v) is 13.0. The number of rotatable bonds is 4. The fourth-order valence-electron chi connectivity index (χ4n) is 1.52. The van der Waals surface area contributed by atoms with Crippen LogP contribution in [-0.2, 0) is 13.1 Å². The fraction of sp³-hybridized carbons (Fsp3) is 0.462. The molecule has 0 unspecified atom stereocenters. The van der Waals surface area contributed by atoms with Gasteiger partial charge in [-0.15, -0.1) is 5.10 Å². The van der Waals surface area contributed by atoms with Gasteiger partial charge in [-0.1, -0.05) is 5.21 Å². The first-order chi connectivity index (χ1) is 8.92. The van der Waals surface area contributed by atoms with E-state index in [0.29, 0.717) is 6.54 Å². The molecule has 0 aliphatic rings. The van der Waals surface area contributed by atoms with Gasteiger partial charge in [-0.25, -0.2) is 4.68 Å². The summed E-state index contributed by atoms with van der Waals surface area (Å²) < 4.78 is 2.78. The Morgan fingerprint density at radius 3 is 2.68 bits per heavy atom. The van der Waals surface area contributed by atoms with Crippen molar-refractivity contribution < 1.29 is 0 Å². The molecular formula is C13H18BrN5. The Bertz CT molecular complexity index is 527. The Labute approximate surface area is 121 Å². The molecule has 0 radical (unpaired) electrons. The molecule has 0 aliphatic heterocycles. The second kappa shape index (κ2) is 5.79. The van der Waals surface area contributed by atoms with E-state index in [1.54, 1.807) is 10.9 Å². The number of hydrogen-bond donors (Lipinski definition) is 1. The van der Waals surface area contributed by atoms with Gasteiger partial charge in [0, 0.05) is 22.8 Å². The molecule has 0 saturated heterocycles. The Morgan fingerprint density at radius 1 is 1.26 bits per heavy atom. The van der Waals surface area contributed by atoms with E-state index >= 15 is 0 Å². The van der Waals surface area contributed by atoms with E-state index in [-0.39, 0.29) is 5.54 Å². The second-order valence-corrected chi connectivity index (χ2v) is 6.39. The first-order valence-electron chi connectivity index (χ1n) is 6.17. The third-order valence-corrected chi connectivity index (χ3v) is 2.97. The summed E-state index contributed by atoms with van der Waals surface area (Å²) in [5.74, 6) is 0. The summed E-state index contributed by atoms with van der Waals surface area (Å²) in [4.78, 5) is 4.32. The van der Waals surface area contributed by atoms with Gasteiger partial charge in [0.25, 0.3) is 0 Å². The van der Waals surface area contributed by atoms with Crippen molar-refractivity contribution in [3.8, 4) is 0 Å². The van der Waals surface area contributed by atoms with Gasteiger partial charge in [-0.3, -0.25) is 4.98 Å². The smallest absolute Gasteiger partial charge is 0.0965 e. The average Bonchev–Trinajstić information content (AvgIpc) is 2.77. The van der Waals surface area contributed by atoms with Crippen LogP contribution < -0.4 is 5.32 Å². The minimum Gasteiger partial charge on any atom is -0.306 e. The van der Waals surface area contributed by atoms with Gasteiger partial charge >= 0.3 is 0 Å². The van der Waals surface area contributed by atoms with Crippen LogP contribution in [0.2, 0.25) is 0 Å². The molecule has 2 aromatic rings. The molecule has 19 heavy (non-hydrogen) atoms. The van der Waals surface area contributed by atoms with Gasteiger partial charge in [0.2, 0.25) is 0 Å². The van der Waals surface area contributed by atoms with E-state index in [1.807, 2.05) is 18.3 Å². The highest BCUT2D eigenvalue weighted by molar-refractivity contribution is 9.10. The molecule has 0 atom stereocenters. The predicted octanol–water partition coefficient (Wildman–Crippen LogP) is 2.37. The molecule has 0 amide bonds. The molecule has 0 saturated carbocycles. The first-order valence-corrected chi connectivity index (χ1v) is 6.96. The largest absolute Gasteiger partial charge is 0.306 e. The number of pyridine rings is 1. The molecule has 1 N–H and O–H groups in total. The zero-order valence-electron chi connectivity index (χ0n) is 11.4. The summed E-state index contributed by atoms with van der Waals surface area (Å²) in [5.41, 5.74) is 1.98. The van der Waals surface area contributed by atoms with Crippen LogP contribution in [0.5, 0.6) is 0 Å². The van der Waals surface area contributed by atoms with E-state index in [2.05, 4.69) is 57.3 Å². The predicted molar refractivity (Wildman–Crippen MR) is 77.7 cm³/mol. The van der Waals surface area contributed by atoms with Crippen molar-refractivity contribution >= 4 is 15.9 Å². The molecule has 0 aliphatic carbocycles. The normalized spacial score (nSPS) is 11.8. The maximum atomic E-state index is 4.32. The second-order valence-electron chi connectivity index (χ2n) is 5.48. The molecule has 0 aromatic carbocycles. The number of nitrogens with zero attached hydrogens (tertiary/aromatic N) is 4. The number of nitrogens with one attached hydrogen (secondary N) is 1. The van der Waals surface area contributed by atoms with Crippen LogP contribution in [0.3, 0.4) is 0 Å². The molecule has 6 heteroatoms. The quantitative estimate of drug-likeness (QED) is 0.938. The lowest BCUT2D eigenvalue weighted by molar-refractivity contribution is 0.421. The van der Waals surface area contributed by atoms with Crippen molar-refractivity contribution in [1.29, 1.82) is 0 Å². The average molecular weight is 324 g/mol. The molecule has 2 aromatic heterocycles. The van der Waals surface area contributed by atoms with Crippen molar-refractivity contribution in [3.63, 3.8) is 0 Å². The molecule has 102 valence electrons. The molecule has 0 bridgehead atoms. The van der Waals surface area contributed by atoms with E-state index in [9.17, 15) is 0 Å². The minimum atomic E-state index is 0.0804. The van der Waals surface area contributed by atoms with Crippen molar-refractivity contribution in [1.82, 2.24) is 25.3 Å². The first kappa shape index (κ1) is 14.1. The van der Waals surface area contributed by atoms with Gasteiger partial charge in [-0.2, -0.15) is 0 Å². The van der Waals surface area contributed by atoms with Crippen LogP contribution in [0.1, 0.15) is 32.2 Å². The van der Waals surface area contributed by atoms with Gasteiger partial charge < -0.3 is 5.32 Å². The molecular weight excluding hydrogens is 306 g/mol. The summed E-state index contributed by atoms with van der Waals surface area (Å²) in [6, 6.07) is 3.94. The van der Waals surface area contributed by atoms with Crippen LogP contribution in [0.25, 0.3) is 0 Å². The number of aromatic nitrogens is 4. The Morgan fingerprint density at radius 2 is 2.05 bits per heavy atom. The molecule has 5 nitrogen and oxygen atoms in total. The highest BCUT2D eigenvalue weighted by Gasteiger charge is 2.10. The van der Waals surface area contributed by atoms with Crippen molar-refractivity contribution in [2.45, 2.75) is 39.4 Å². The summed E-state index contributed by atoms with van der Waals surface area (Å²) in [6.07, 6.45) is 3.73. The van der Waals surface area contributed by atoms with Crippen LogP contribution in [0.15, 0.2) is 29.0 Å². The molecule has 0 spiro atoms. The monoisotopic (exact) mass is 323 g/mol. The maximum Gasteiger partial charge on any atom is 0.0965 e. The highest BCUT2D eigenvalue weighted by Crippen LogP contribution is 2.08. The Balaban J connectivity index is 1.95. The molecule has 2 heterocycles. The van der Waals surface area contributed by atoms with E-state index in [1.165, 1.54) is 0 Å². The van der Waals surface area contributed by atoms with Gasteiger partial charge in [0.15, 0.2) is 0 Å². The van der Waals surface area contributed by atoms with Crippen LogP contribution >= 0.6 is 15.9 Å². The van der Waals surface area contributed by atoms with E-state index < -0.39 is 0 Å². The van der Waals surface area contributed by atoms with Crippen molar-refractivity contribution in [3.05, 3.63) is 40.4 Å². The minimum absolute atomic E-state index is 0.0804. The lowest BCUT2D eigenvalue weighted by Crippen LogP contribution is -2.35. The summed E-state index contributed by atoms with van der Waals surface area (Å²) >= 11 is 3.37. The van der Waals surface area contributed by atoms with Crippen LogP contribution in [0, 0.1) is 0 Å². The third kappa shape index (κ3) is 4.72. The summed E-state index contributed by atoms with van der Waals surface area (Å²) in [5, 5.41) is 11.6. The topological polar surface area (TPSA) is 55.6 Å². The summed E-state index contributed by atoms with van der Waals surface area (Å²) in [7, 11) is 0. The highest BCUT2D eigenvalue weighted by atomic mass is 79.9. The SMILES string of the molecule is CC(C)(C)NCc1cn(Cc2ccc(Br)cn2)nn1. The lowest BCUT2D eigenvalue weighted by atomic mass is 10.1. The maximum absolute atomic E-state index is 4.32. The summed E-state index contributed by atoms with van der Waals surface area (Å²) in [6.45, 7) is 7.74. The van der Waals surface area contributed by atoms with Crippen LogP contribution in [-0.4, -0.2) is 25.5 Å². The van der Waals surface area contributed by atoms with Crippen LogP contribution in [0.4, 0.5) is 0 Å². The van der Waals surface area contributed by atoms with Gasteiger partial charge in [0.05, 0.1) is 24.1 Å². The number of hydrogen-bond acceptors (Lipinski definition) is 4. The molecule has 2 rings (SSSR count). The molecule has 0 fully saturated rings. The fourth-order valence-corrected chi connectivity index (χ4v) is 1.75. The van der Waals surface area contributed by atoms with Gasteiger partial charge in [0.1, 0.15) is 0 Å². The van der Waals surface area contributed by atoms with Crippen molar-refractivity contribution in [2.24, 2.45) is 0 Å². The third-order valence-electron chi connectivity index (χ3n) is 2.50. The number of halogens is 1. The lowest BCUT2D eigenvalue weighted by Gasteiger charge is -2.19. The van der Waals surface area contributed by atoms with Crippen molar-refractivity contribution in [2.75, 3.05) is 0 Å².